The molecular weight excluding hydrogens is 393 g/mol. The molecule has 4 rings (SSSR count). The van der Waals surface area contributed by atoms with Crippen LogP contribution in [0.5, 0.6) is 0 Å². The number of rotatable bonds is 5. The molecule has 0 bridgehead atoms. The third-order valence-corrected chi connectivity index (χ3v) is 5.95. The molecule has 0 spiro atoms. The number of carbonyl (C=O) groups excluding carboxylic acids is 1. The standard InChI is InChI=1S/C25H28FN3O2/c1-17-7-10-19-14-20(24(30)28-23(19)13-17)16-29(15-18-8-11-21(26)12-9-18)25(31)27-22-5-3-2-4-6-22/h7-14,22H,2-6,15-16H2,1H3,(H,27,31)(H,28,30). The van der Waals surface area contributed by atoms with Crippen molar-refractivity contribution in [2.75, 3.05) is 0 Å². The summed E-state index contributed by atoms with van der Waals surface area (Å²) in [6.07, 6.45) is 5.40. The van der Waals surface area contributed by atoms with Crippen molar-refractivity contribution in [2.24, 2.45) is 0 Å². The zero-order valence-corrected chi connectivity index (χ0v) is 17.8. The van der Waals surface area contributed by atoms with Crippen molar-refractivity contribution in [3.05, 3.63) is 81.4 Å². The average molecular weight is 422 g/mol. The molecule has 0 aliphatic heterocycles. The maximum Gasteiger partial charge on any atom is 0.318 e. The van der Waals surface area contributed by atoms with Crippen molar-refractivity contribution in [3.63, 3.8) is 0 Å². The Labute approximate surface area is 181 Å². The monoisotopic (exact) mass is 421 g/mol. The van der Waals surface area contributed by atoms with E-state index in [-0.39, 0.29) is 30.0 Å². The van der Waals surface area contributed by atoms with Crippen LogP contribution >= 0.6 is 0 Å². The number of urea groups is 1. The number of carbonyl (C=O) groups is 1. The number of halogens is 1. The number of hydrogen-bond donors (Lipinski definition) is 2. The minimum Gasteiger partial charge on any atom is -0.335 e. The highest BCUT2D eigenvalue weighted by Gasteiger charge is 2.21. The predicted octanol–water partition coefficient (Wildman–Crippen LogP) is 5.02. The van der Waals surface area contributed by atoms with Crippen molar-refractivity contribution in [1.82, 2.24) is 15.2 Å². The highest BCUT2D eigenvalue weighted by Crippen LogP contribution is 2.19. The quantitative estimate of drug-likeness (QED) is 0.608. The van der Waals surface area contributed by atoms with Gasteiger partial charge in [-0.05, 0) is 60.5 Å². The number of amides is 2. The summed E-state index contributed by atoms with van der Waals surface area (Å²) in [6.45, 7) is 2.45. The van der Waals surface area contributed by atoms with Crippen LogP contribution in [0.15, 0.2) is 53.3 Å². The van der Waals surface area contributed by atoms with Crippen LogP contribution in [0.4, 0.5) is 9.18 Å². The van der Waals surface area contributed by atoms with Gasteiger partial charge < -0.3 is 15.2 Å². The van der Waals surface area contributed by atoms with Gasteiger partial charge in [0.1, 0.15) is 5.82 Å². The van der Waals surface area contributed by atoms with Gasteiger partial charge in [-0.3, -0.25) is 4.79 Å². The highest BCUT2D eigenvalue weighted by molar-refractivity contribution is 5.80. The first-order valence-electron chi connectivity index (χ1n) is 10.9. The topological polar surface area (TPSA) is 65.2 Å². The molecule has 1 aliphatic carbocycles. The molecule has 1 aliphatic rings. The Kier molecular flexibility index (Phi) is 6.35. The first-order valence-corrected chi connectivity index (χ1v) is 10.9. The van der Waals surface area contributed by atoms with Crippen molar-refractivity contribution in [2.45, 2.75) is 58.2 Å². The van der Waals surface area contributed by atoms with E-state index in [4.69, 9.17) is 0 Å². The lowest BCUT2D eigenvalue weighted by atomic mass is 9.96. The summed E-state index contributed by atoms with van der Waals surface area (Å²) in [4.78, 5) is 30.4. The summed E-state index contributed by atoms with van der Waals surface area (Å²) in [5, 5.41) is 4.06. The fourth-order valence-corrected chi connectivity index (χ4v) is 4.21. The number of hydrogen-bond acceptors (Lipinski definition) is 2. The Hall–Kier alpha value is -3.15. The molecule has 2 aromatic carbocycles. The summed E-state index contributed by atoms with van der Waals surface area (Å²) >= 11 is 0. The summed E-state index contributed by atoms with van der Waals surface area (Å²) < 4.78 is 13.3. The van der Waals surface area contributed by atoms with Crippen LogP contribution in [0.1, 0.15) is 48.8 Å². The van der Waals surface area contributed by atoms with Crippen molar-refractivity contribution in [1.29, 1.82) is 0 Å². The zero-order chi connectivity index (χ0) is 21.8. The van der Waals surface area contributed by atoms with E-state index in [1.54, 1.807) is 17.0 Å². The minimum atomic E-state index is -0.316. The second-order valence-electron chi connectivity index (χ2n) is 8.48. The summed E-state index contributed by atoms with van der Waals surface area (Å²) in [6, 6.07) is 13.8. The number of aromatic amines is 1. The Bertz CT molecular complexity index is 1120. The first-order chi connectivity index (χ1) is 15.0. The van der Waals surface area contributed by atoms with E-state index in [0.717, 1.165) is 47.7 Å². The molecule has 0 radical (unpaired) electrons. The molecule has 2 N–H and O–H groups in total. The van der Waals surface area contributed by atoms with E-state index in [1.165, 1.54) is 18.6 Å². The number of pyridine rings is 1. The second kappa shape index (κ2) is 9.33. The van der Waals surface area contributed by atoms with E-state index in [2.05, 4.69) is 10.3 Å². The fourth-order valence-electron chi connectivity index (χ4n) is 4.21. The predicted molar refractivity (Wildman–Crippen MR) is 120 cm³/mol. The van der Waals surface area contributed by atoms with Gasteiger partial charge in [0.05, 0.1) is 6.54 Å². The van der Waals surface area contributed by atoms with Gasteiger partial charge in [0, 0.05) is 23.7 Å². The van der Waals surface area contributed by atoms with Crippen molar-refractivity contribution >= 4 is 16.9 Å². The molecule has 1 aromatic heterocycles. The van der Waals surface area contributed by atoms with E-state index in [0.29, 0.717) is 12.1 Å². The molecule has 2 amide bonds. The van der Waals surface area contributed by atoms with Crippen LogP contribution in [0.3, 0.4) is 0 Å². The lowest BCUT2D eigenvalue weighted by Gasteiger charge is -2.28. The van der Waals surface area contributed by atoms with Gasteiger partial charge >= 0.3 is 6.03 Å². The van der Waals surface area contributed by atoms with Crippen LogP contribution in [0, 0.1) is 12.7 Å². The number of benzene rings is 2. The SMILES string of the molecule is Cc1ccc2cc(CN(Cc3ccc(F)cc3)C(=O)NC3CCCCC3)c(=O)[nH]c2c1. The van der Waals surface area contributed by atoms with Gasteiger partial charge in [0.15, 0.2) is 0 Å². The zero-order valence-electron chi connectivity index (χ0n) is 17.8. The number of nitrogens with one attached hydrogen (secondary N) is 2. The van der Waals surface area contributed by atoms with Crippen LogP contribution in [0.2, 0.25) is 0 Å². The largest absolute Gasteiger partial charge is 0.335 e. The van der Waals surface area contributed by atoms with E-state index in [9.17, 15) is 14.0 Å². The van der Waals surface area contributed by atoms with Crippen molar-refractivity contribution < 1.29 is 9.18 Å². The maximum absolute atomic E-state index is 13.3. The van der Waals surface area contributed by atoms with Gasteiger partial charge in [-0.1, -0.05) is 43.5 Å². The van der Waals surface area contributed by atoms with Gasteiger partial charge in [0.25, 0.3) is 5.56 Å². The second-order valence-corrected chi connectivity index (χ2v) is 8.48. The molecule has 0 unspecified atom stereocenters. The Morgan fingerprint density at radius 1 is 1.06 bits per heavy atom. The average Bonchev–Trinajstić information content (AvgIpc) is 2.76. The van der Waals surface area contributed by atoms with Gasteiger partial charge in [0.2, 0.25) is 0 Å². The number of aryl methyl sites for hydroxylation is 1. The number of aromatic nitrogens is 1. The Balaban J connectivity index is 1.59. The molecule has 6 heteroatoms. The first kappa shape index (κ1) is 21.1. The lowest BCUT2D eigenvalue weighted by Crippen LogP contribution is -2.45. The number of fused-ring (bicyclic) bond motifs is 1. The third kappa shape index (κ3) is 5.32. The molecule has 31 heavy (non-hydrogen) atoms. The summed E-state index contributed by atoms with van der Waals surface area (Å²) in [5.41, 5.74) is 2.99. The fraction of sp³-hybridized carbons (Fsp3) is 0.360. The van der Waals surface area contributed by atoms with Gasteiger partial charge in [-0.2, -0.15) is 0 Å². The summed E-state index contributed by atoms with van der Waals surface area (Å²) in [5.74, 6) is -0.316. The summed E-state index contributed by atoms with van der Waals surface area (Å²) in [7, 11) is 0. The maximum atomic E-state index is 13.3. The molecule has 0 atom stereocenters. The Morgan fingerprint density at radius 3 is 2.55 bits per heavy atom. The van der Waals surface area contributed by atoms with Crippen LogP contribution in [-0.2, 0) is 13.1 Å². The molecule has 162 valence electrons. The van der Waals surface area contributed by atoms with Gasteiger partial charge in [-0.25, -0.2) is 9.18 Å². The van der Waals surface area contributed by atoms with Crippen LogP contribution < -0.4 is 10.9 Å². The molecule has 1 fully saturated rings. The molecular formula is C25H28FN3O2. The molecule has 1 saturated carbocycles. The normalized spacial score (nSPS) is 14.5. The third-order valence-electron chi connectivity index (χ3n) is 5.95. The van der Waals surface area contributed by atoms with E-state index < -0.39 is 0 Å². The molecule has 5 nitrogen and oxygen atoms in total. The van der Waals surface area contributed by atoms with Crippen LogP contribution in [-0.4, -0.2) is 22.0 Å². The Morgan fingerprint density at radius 2 is 1.81 bits per heavy atom. The van der Waals surface area contributed by atoms with Gasteiger partial charge in [-0.15, -0.1) is 0 Å². The minimum absolute atomic E-state index is 0.162. The molecule has 1 heterocycles. The van der Waals surface area contributed by atoms with E-state index in [1.807, 2.05) is 31.2 Å². The van der Waals surface area contributed by atoms with E-state index >= 15 is 0 Å². The molecule has 3 aromatic rings. The smallest absolute Gasteiger partial charge is 0.318 e. The highest BCUT2D eigenvalue weighted by atomic mass is 19.1. The number of H-pyrrole nitrogens is 1. The number of nitrogens with zero attached hydrogens (tertiary/aromatic N) is 1. The van der Waals surface area contributed by atoms with Crippen molar-refractivity contribution in [3.8, 4) is 0 Å². The lowest BCUT2D eigenvalue weighted by molar-refractivity contribution is 0.184. The molecule has 0 saturated heterocycles. The van der Waals surface area contributed by atoms with Crippen LogP contribution in [0.25, 0.3) is 10.9 Å².